The molecular formula is C13H18N2OS. The number of primary amides is 1. The van der Waals surface area contributed by atoms with E-state index in [4.69, 9.17) is 5.73 Å². The molecule has 1 saturated heterocycles. The van der Waals surface area contributed by atoms with Crippen molar-refractivity contribution in [2.45, 2.75) is 24.6 Å². The Balaban J connectivity index is 1.76. The number of amides is 1. The number of carbonyl (C=O) groups excluding carboxylic acids is 1. The van der Waals surface area contributed by atoms with E-state index in [9.17, 15) is 4.79 Å². The van der Waals surface area contributed by atoms with Gasteiger partial charge in [0.1, 0.15) is 0 Å². The normalized spacial score (nSPS) is 19.4. The Morgan fingerprint density at radius 1 is 1.41 bits per heavy atom. The van der Waals surface area contributed by atoms with Crippen LogP contribution in [-0.4, -0.2) is 23.5 Å². The van der Waals surface area contributed by atoms with Crippen molar-refractivity contribution in [3.8, 4) is 0 Å². The van der Waals surface area contributed by atoms with Crippen LogP contribution in [0, 0.1) is 0 Å². The van der Waals surface area contributed by atoms with E-state index < -0.39 is 0 Å². The van der Waals surface area contributed by atoms with Crippen LogP contribution in [0.2, 0.25) is 0 Å². The number of hydrogen-bond donors (Lipinski definition) is 2. The Hall–Kier alpha value is -1.00. The van der Waals surface area contributed by atoms with Crippen molar-refractivity contribution in [1.82, 2.24) is 5.32 Å². The number of benzene rings is 1. The Morgan fingerprint density at radius 3 is 2.76 bits per heavy atom. The van der Waals surface area contributed by atoms with Crippen LogP contribution in [0.1, 0.15) is 28.8 Å². The number of thioether (sulfide) groups is 1. The molecule has 0 radical (unpaired) electrons. The van der Waals surface area contributed by atoms with E-state index in [1.54, 1.807) is 12.1 Å². The first-order valence-electron chi connectivity index (χ1n) is 5.97. The summed E-state index contributed by atoms with van der Waals surface area (Å²) in [5, 5.41) is 4.23. The lowest BCUT2D eigenvalue weighted by Crippen LogP contribution is -2.22. The third-order valence-electron chi connectivity index (χ3n) is 2.96. The molecule has 1 aliphatic heterocycles. The highest BCUT2D eigenvalue weighted by Crippen LogP contribution is 2.25. The quantitative estimate of drug-likeness (QED) is 0.837. The molecule has 4 heteroatoms. The van der Waals surface area contributed by atoms with Gasteiger partial charge in [0, 0.05) is 23.9 Å². The monoisotopic (exact) mass is 250 g/mol. The fourth-order valence-electron chi connectivity index (χ4n) is 1.97. The van der Waals surface area contributed by atoms with E-state index >= 15 is 0 Å². The maximum Gasteiger partial charge on any atom is 0.248 e. The zero-order valence-electron chi connectivity index (χ0n) is 9.82. The van der Waals surface area contributed by atoms with Gasteiger partial charge in [-0.15, -0.1) is 0 Å². The molecular weight excluding hydrogens is 232 g/mol. The van der Waals surface area contributed by atoms with Crippen molar-refractivity contribution < 1.29 is 4.79 Å². The smallest absolute Gasteiger partial charge is 0.248 e. The zero-order valence-corrected chi connectivity index (χ0v) is 10.6. The minimum absolute atomic E-state index is 0.369. The molecule has 0 aliphatic carbocycles. The van der Waals surface area contributed by atoms with E-state index in [0.29, 0.717) is 5.56 Å². The minimum Gasteiger partial charge on any atom is -0.366 e. The molecule has 0 spiro atoms. The third kappa shape index (κ3) is 3.75. The molecule has 1 fully saturated rings. The second-order valence-corrected chi connectivity index (χ2v) is 5.74. The topological polar surface area (TPSA) is 55.1 Å². The summed E-state index contributed by atoms with van der Waals surface area (Å²) in [5.41, 5.74) is 6.95. The molecule has 2 rings (SSSR count). The summed E-state index contributed by atoms with van der Waals surface area (Å²) in [6.07, 6.45) is 2.68. The van der Waals surface area contributed by atoms with E-state index in [-0.39, 0.29) is 5.91 Å². The first-order valence-corrected chi connectivity index (χ1v) is 7.01. The summed E-state index contributed by atoms with van der Waals surface area (Å²) >= 11 is 2.06. The van der Waals surface area contributed by atoms with Gasteiger partial charge >= 0.3 is 0 Å². The lowest BCUT2D eigenvalue weighted by molar-refractivity contribution is 0.100. The van der Waals surface area contributed by atoms with Crippen molar-refractivity contribution in [1.29, 1.82) is 0 Å². The molecule has 3 nitrogen and oxygen atoms in total. The number of hydrogen-bond acceptors (Lipinski definition) is 3. The minimum atomic E-state index is -0.369. The van der Waals surface area contributed by atoms with Crippen LogP contribution in [0.15, 0.2) is 24.3 Å². The molecule has 3 N–H and O–H groups in total. The van der Waals surface area contributed by atoms with Crippen LogP contribution < -0.4 is 11.1 Å². The highest BCUT2D eigenvalue weighted by molar-refractivity contribution is 8.00. The maximum atomic E-state index is 10.9. The summed E-state index contributed by atoms with van der Waals surface area (Å²) in [7, 11) is 0. The van der Waals surface area contributed by atoms with Crippen molar-refractivity contribution in [3.05, 3.63) is 35.4 Å². The van der Waals surface area contributed by atoms with E-state index in [1.165, 1.54) is 24.2 Å². The predicted octanol–water partition coefficient (Wildman–Crippen LogP) is 1.77. The molecule has 17 heavy (non-hydrogen) atoms. The average Bonchev–Trinajstić information content (AvgIpc) is 2.83. The van der Waals surface area contributed by atoms with Gasteiger partial charge in [-0.25, -0.2) is 0 Å². The molecule has 0 saturated carbocycles. The molecule has 0 aromatic heterocycles. The van der Waals surface area contributed by atoms with Crippen molar-refractivity contribution in [2.24, 2.45) is 5.73 Å². The first kappa shape index (κ1) is 12.5. The molecule has 1 aromatic carbocycles. The highest BCUT2D eigenvalue weighted by Gasteiger charge is 2.14. The zero-order chi connectivity index (χ0) is 12.1. The van der Waals surface area contributed by atoms with Crippen LogP contribution in [0.5, 0.6) is 0 Å². The Morgan fingerprint density at radius 2 is 2.18 bits per heavy atom. The van der Waals surface area contributed by atoms with Crippen LogP contribution >= 0.6 is 11.8 Å². The van der Waals surface area contributed by atoms with Gasteiger partial charge in [0.25, 0.3) is 0 Å². The number of nitrogens with one attached hydrogen (secondary N) is 1. The van der Waals surface area contributed by atoms with Crippen molar-refractivity contribution in [3.63, 3.8) is 0 Å². The van der Waals surface area contributed by atoms with Crippen LogP contribution in [0.3, 0.4) is 0 Å². The number of rotatable bonds is 5. The van der Waals surface area contributed by atoms with Gasteiger partial charge in [0.05, 0.1) is 0 Å². The molecule has 1 aliphatic rings. The first-order chi connectivity index (χ1) is 8.25. The fourth-order valence-corrected chi connectivity index (χ4v) is 3.21. The van der Waals surface area contributed by atoms with Gasteiger partial charge in [0.15, 0.2) is 0 Å². The predicted molar refractivity (Wildman–Crippen MR) is 72.1 cm³/mol. The molecule has 1 atom stereocenters. The Bertz CT molecular complexity index is 372. The van der Waals surface area contributed by atoms with E-state index in [0.717, 1.165) is 18.3 Å². The number of carbonyl (C=O) groups is 1. The van der Waals surface area contributed by atoms with Crippen molar-refractivity contribution in [2.75, 3.05) is 12.3 Å². The van der Waals surface area contributed by atoms with Gasteiger partial charge in [-0.3, -0.25) is 4.79 Å². The van der Waals surface area contributed by atoms with Gasteiger partial charge < -0.3 is 11.1 Å². The van der Waals surface area contributed by atoms with Crippen LogP contribution in [0.25, 0.3) is 0 Å². The summed E-state index contributed by atoms with van der Waals surface area (Å²) in [4.78, 5) is 10.9. The molecule has 1 unspecified atom stereocenters. The van der Waals surface area contributed by atoms with Crippen molar-refractivity contribution >= 4 is 17.7 Å². The number of nitrogens with two attached hydrogens (primary N) is 1. The van der Waals surface area contributed by atoms with Crippen LogP contribution in [0.4, 0.5) is 0 Å². The second kappa shape index (κ2) is 6.07. The molecule has 92 valence electrons. The second-order valence-electron chi connectivity index (χ2n) is 4.33. The van der Waals surface area contributed by atoms with E-state index in [1.807, 2.05) is 12.1 Å². The summed E-state index contributed by atoms with van der Waals surface area (Å²) in [5.74, 6) is 0.937. The molecule has 0 bridgehead atoms. The largest absolute Gasteiger partial charge is 0.366 e. The summed E-state index contributed by atoms with van der Waals surface area (Å²) < 4.78 is 0. The Labute approximate surface area is 106 Å². The van der Waals surface area contributed by atoms with Gasteiger partial charge in [-0.05, 0) is 36.3 Å². The van der Waals surface area contributed by atoms with E-state index in [2.05, 4.69) is 17.1 Å². The Kier molecular flexibility index (Phi) is 4.45. The van der Waals surface area contributed by atoms with Gasteiger partial charge in [0.2, 0.25) is 5.91 Å². The third-order valence-corrected chi connectivity index (χ3v) is 4.36. The SMILES string of the molecule is NC(=O)c1ccc(CNCC2CCCS2)cc1. The van der Waals surface area contributed by atoms with Crippen LogP contribution in [-0.2, 0) is 6.54 Å². The molecule has 1 aromatic rings. The maximum absolute atomic E-state index is 10.9. The lowest BCUT2D eigenvalue weighted by Gasteiger charge is -2.10. The lowest BCUT2D eigenvalue weighted by atomic mass is 10.1. The average molecular weight is 250 g/mol. The van der Waals surface area contributed by atoms with Gasteiger partial charge in [-0.1, -0.05) is 12.1 Å². The highest BCUT2D eigenvalue weighted by atomic mass is 32.2. The summed E-state index contributed by atoms with van der Waals surface area (Å²) in [6.45, 7) is 1.93. The fraction of sp³-hybridized carbons (Fsp3) is 0.462. The van der Waals surface area contributed by atoms with Gasteiger partial charge in [-0.2, -0.15) is 11.8 Å². The molecule has 1 amide bonds. The standard InChI is InChI=1S/C13H18N2OS/c14-13(16)11-5-3-10(4-6-11)8-15-9-12-2-1-7-17-12/h3-6,12,15H,1-2,7-9H2,(H2,14,16). The molecule has 1 heterocycles. The summed E-state index contributed by atoms with van der Waals surface area (Å²) in [6, 6.07) is 7.47.